The van der Waals surface area contributed by atoms with Gasteiger partial charge in [0.05, 0.1) is 7.11 Å². The Morgan fingerprint density at radius 2 is 2.05 bits per heavy atom. The summed E-state index contributed by atoms with van der Waals surface area (Å²) < 4.78 is 5.35. The Morgan fingerprint density at radius 3 is 2.75 bits per heavy atom. The maximum atomic E-state index is 5.35. The average Bonchev–Trinajstić information content (AvgIpc) is 2.52. The third-order valence-corrected chi connectivity index (χ3v) is 4.54. The molecule has 1 aliphatic rings. The van der Waals surface area contributed by atoms with Gasteiger partial charge in [-0.2, -0.15) is 0 Å². The lowest BCUT2D eigenvalue weighted by Crippen LogP contribution is -2.22. The van der Waals surface area contributed by atoms with Crippen molar-refractivity contribution in [1.29, 1.82) is 0 Å². The Bertz CT molecular complexity index is 385. The molecule has 1 saturated carbocycles. The zero-order valence-electron chi connectivity index (χ0n) is 13.0. The quantitative estimate of drug-likeness (QED) is 0.778. The summed E-state index contributed by atoms with van der Waals surface area (Å²) >= 11 is 0. The molecule has 1 N–H and O–H groups in total. The van der Waals surface area contributed by atoms with Crippen molar-refractivity contribution in [1.82, 2.24) is 5.32 Å². The minimum Gasteiger partial charge on any atom is -0.497 e. The number of hydrogen-bond donors (Lipinski definition) is 1. The molecule has 1 unspecified atom stereocenters. The van der Waals surface area contributed by atoms with E-state index in [4.69, 9.17) is 4.74 Å². The van der Waals surface area contributed by atoms with Crippen LogP contribution in [-0.2, 0) is 0 Å². The van der Waals surface area contributed by atoms with Crippen LogP contribution in [0.5, 0.6) is 5.75 Å². The highest BCUT2D eigenvalue weighted by molar-refractivity contribution is 5.30. The second-order valence-corrected chi connectivity index (χ2v) is 5.97. The molecule has 0 aliphatic heterocycles. The van der Waals surface area contributed by atoms with Crippen LogP contribution >= 0.6 is 0 Å². The lowest BCUT2D eigenvalue weighted by Gasteiger charge is -2.25. The summed E-state index contributed by atoms with van der Waals surface area (Å²) in [5.74, 6) is 1.92. The van der Waals surface area contributed by atoms with E-state index in [1.165, 1.54) is 50.5 Å². The number of benzene rings is 1. The van der Waals surface area contributed by atoms with Crippen molar-refractivity contribution < 1.29 is 4.74 Å². The Kier molecular flexibility index (Phi) is 6.38. The lowest BCUT2D eigenvalue weighted by atomic mass is 9.84. The van der Waals surface area contributed by atoms with E-state index in [0.717, 1.165) is 18.2 Å². The SMILES string of the molecule is CCNC(CCC1CCCCC1)c1cccc(OC)c1. The topological polar surface area (TPSA) is 21.3 Å². The first-order valence-corrected chi connectivity index (χ1v) is 8.20. The average molecular weight is 275 g/mol. The van der Waals surface area contributed by atoms with Gasteiger partial charge < -0.3 is 10.1 Å². The molecule has 2 rings (SSSR count). The number of nitrogens with one attached hydrogen (secondary N) is 1. The molecule has 1 aromatic rings. The third-order valence-electron chi connectivity index (χ3n) is 4.54. The largest absolute Gasteiger partial charge is 0.497 e. The molecule has 2 nitrogen and oxygen atoms in total. The van der Waals surface area contributed by atoms with Gasteiger partial charge in [-0.1, -0.05) is 51.2 Å². The first-order chi connectivity index (χ1) is 9.83. The van der Waals surface area contributed by atoms with Crippen LogP contribution in [0, 0.1) is 5.92 Å². The van der Waals surface area contributed by atoms with Crippen LogP contribution in [0.1, 0.15) is 63.5 Å². The van der Waals surface area contributed by atoms with Crippen molar-refractivity contribution in [2.45, 2.75) is 57.9 Å². The Balaban J connectivity index is 1.94. The molecule has 0 heterocycles. The molecule has 1 atom stereocenters. The molecule has 0 bridgehead atoms. The van der Waals surface area contributed by atoms with Crippen molar-refractivity contribution in [2.75, 3.05) is 13.7 Å². The summed E-state index contributed by atoms with van der Waals surface area (Å²) in [5.41, 5.74) is 1.36. The van der Waals surface area contributed by atoms with Crippen molar-refractivity contribution >= 4 is 0 Å². The monoisotopic (exact) mass is 275 g/mol. The van der Waals surface area contributed by atoms with Gasteiger partial charge in [-0.15, -0.1) is 0 Å². The first-order valence-electron chi connectivity index (χ1n) is 8.20. The van der Waals surface area contributed by atoms with Crippen LogP contribution < -0.4 is 10.1 Å². The van der Waals surface area contributed by atoms with Gasteiger partial charge in [-0.3, -0.25) is 0 Å². The van der Waals surface area contributed by atoms with Gasteiger partial charge in [-0.05, 0) is 43.0 Å². The summed E-state index contributed by atoms with van der Waals surface area (Å²) in [6.07, 6.45) is 9.81. The van der Waals surface area contributed by atoms with E-state index in [2.05, 4.69) is 30.4 Å². The van der Waals surface area contributed by atoms with Gasteiger partial charge in [0, 0.05) is 6.04 Å². The molecular formula is C18H29NO. The summed E-state index contributed by atoms with van der Waals surface area (Å²) in [7, 11) is 1.74. The molecule has 1 aromatic carbocycles. The van der Waals surface area contributed by atoms with E-state index in [9.17, 15) is 0 Å². The van der Waals surface area contributed by atoms with Gasteiger partial charge in [0.15, 0.2) is 0 Å². The second-order valence-electron chi connectivity index (χ2n) is 5.97. The van der Waals surface area contributed by atoms with Crippen LogP contribution in [0.3, 0.4) is 0 Å². The normalized spacial score (nSPS) is 17.9. The maximum Gasteiger partial charge on any atom is 0.119 e. The number of ether oxygens (including phenoxy) is 1. The van der Waals surface area contributed by atoms with Crippen LogP contribution in [0.25, 0.3) is 0 Å². The van der Waals surface area contributed by atoms with E-state index < -0.39 is 0 Å². The van der Waals surface area contributed by atoms with Gasteiger partial charge >= 0.3 is 0 Å². The minimum absolute atomic E-state index is 0.469. The minimum atomic E-state index is 0.469. The van der Waals surface area contributed by atoms with Crippen LogP contribution in [-0.4, -0.2) is 13.7 Å². The molecule has 2 heteroatoms. The summed E-state index contributed by atoms with van der Waals surface area (Å²) in [4.78, 5) is 0. The summed E-state index contributed by atoms with van der Waals surface area (Å²) in [6.45, 7) is 3.21. The predicted molar refractivity (Wildman–Crippen MR) is 85.2 cm³/mol. The highest BCUT2D eigenvalue weighted by Gasteiger charge is 2.17. The Morgan fingerprint density at radius 1 is 1.25 bits per heavy atom. The fraction of sp³-hybridized carbons (Fsp3) is 0.667. The lowest BCUT2D eigenvalue weighted by molar-refractivity contribution is 0.315. The van der Waals surface area contributed by atoms with E-state index in [0.29, 0.717) is 6.04 Å². The fourth-order valence-corrected chi connectivity index (χ4v) is 3.37. The van der Waals surface area contributed by atoms with E-state index >= 15 is 0 Å². The predicted octanol–water partition coefficient (Wildman–Crippen LogP) is 4.71. The molecule has 20 heavy (non-hydrogen) atoms. The first kappa shape index (κ1) is 15.4. The summed E-state index contributed by atoms with van der Waals surface area (Å²) in [6, 6.07) is 8.98. The molecule has 0 saturated heterocycles. The maximum absolute atomic E-state index is 5.35. The molecule has 0 radical (unpaired) electrons. The molecule has 0 amide bonds. The van der Waals surface area contributed by atoms with Crippen LogP contribution in [0.15, 0.2) is 24.3 Å². The molecule has 1 fully saturated rings. The molecule has 0 spiro atoms. The molecule has 0 aromatic heterocycles. The molecule has 1 aliphatic carbocycles. The summed E-state index contributed by atoms with van der Waals surface area (Å²) in [5, 5.41) is 3.63. The Hall–Kier alpha value is -1.02. The number of methoxy groups -OCH3 is 1. The van der Waals surface area contributed by atoms with Crippen molar-refractivity contribution in [3.63, 3.8) is 0 Å². The zero-order chi connectivity index (χ0) is 14.2. The highest BCUT2D eigenvalue weighted by atomic mass is 16.5. The Labute approximate surface area is 123 Å². The standard InChI is InChI=1S/C18H29NO/c1-3-19-18(13-12-15-8-5-4-6-9-15)16-10-7-11-17(14-16)20-2/h7,10-11,14-15,18-19H,3-6,8-9,12-13H2,1-2H3. The fourth-order valence-electron chi connectivity index (χ4n) is 3.37. The van der Waals surface area contributed by atoms with Crippen LogP contribution in [0.2, 0.25) is 0 Å². The van der Waals surface area contributed by atoms with Crippen molar-refractivity contribution in [2.24, 2.45) is 5.92 Å². The smallest absolute Gasteiger partial charge is 0.119 e. The van der Waals surface area contributed by atoms with Crippen LogP contribution in [0.4, 0.5) is 0 Å². The second kappa shape index (κ2) is 8.31. The van der Waals surface area contributed by atoms with Gasteiger partial charge in [-0.25, -0.2) is 0 Å². The van der Waals surface area contributed by atoms with Gasteiger partial charge in [0.2, 0.25) is 0 Å². The van der Waals surface area contributed by atoms with Crippen molar-refractivity contribution in [3.8, 4) is 5.75 Å². The third kappa shape index (κ3) is 4.52. The van der Waals surface area contributed by atoms with Gasteiger partial charge in [0.1, 0.15) is 5.75 Å². The van der Waals surface area contributed by atoms with E-state index in [-0.39, 0.29) is 0 Å². The molecular weight excluding hydrogens is 246 g/mol. The number of hydrogen-bond acceptors (Lipinski definition) is 2. The highest BCUT2D eigenvalue weighted by Crippen LogP contribution is 2.31. The van der Waals surface area contributed by atoms with Gasteiger partial charge in [0.25, 0.3) is 0 Å². The zero-order valence-corrected chi connectivity index (χ0v) is 13.0. The van der Waals surface area contributed by atoms with Crippen molar-refractivity contribution in [3.05, 3.63) is 29.8 Å². The van der Waals surface area contributed by atoms with E-state index in [1.807, 2.05) is 6.07 Å². The molecule has 112 valence electrons. The number of rotatable bonds is 7. The van der Waals surface area contributed by atoms with E-state index in [1.54, 1.807) is 7.11 Å².